The molecule has 1 aliphatic heterocycles. The second-order valence-electron chi connectivity index (χ2n) is 6.44. The summed E-state index contributed by atoms with van der Waals surface area (Å²) in [6, 6.07) is 10.1. The van der Waals surface area contributed by atoms with E-state index in [1.165, 1.54) is 16.4 Å². The first-order chi connectivity index (χ1) is 13.4. The molecule has 0 radical (unpaired) electrons. The highest BCUT2D eigenvalue weighted by Gasteiger charge is 2.23. The van der Waals surface area contributed by atoms with Crippen molar-refractivity contribution in [2.24, 2.45) is 0 Å². The number of carbonyl (C=O) groups excluding carboxylic acids is 1. The fraction of sp³-hybridized carbons (Fsp3) is 0.350. The fourth-order valence-corrected chi connectivity index (χ4v) is 4.53. The highest BCUT2D eigenvalue weighted by molar-refractivity contribution is 7.89. The van der Waals surface area contributed by atoms with Crippen molar-refractivity contribution in [3.05, 3.63) is 53.1 Å². The number of rotatable bonds is 7. The maximum absolute atomic E-state index is 12.7. The summed E-state index contributed by atoms with van der Waals surface area (Å²) in [6.07, 6.45) is 0. The van der Waals surface area contributed by atoms with Crippen LogP contribution in [-0.2, 0) is 16.6 Å². The Morgan fingerprint density at radius 3 is 2.50 bits per heavy atom. The van der Waals surface area contributed by atoms with Gasteiger partial charge in [-0.2, -0.15) is 4.31 Å². The van der Waals surface area contributed by atoms with E-state index in [-0.39, 0.29) is 17.6 Å². The number of nitrogens with zero attached hydrogens (tertiary/aromatic N) is 1. The molecule has 0 atom stereocenters. The van der Waals surface area contributed by atoms with E-state index in [2.05, 4.69) is 5.32 Å². The molecule has 0 unspecified atom stereocenters. The highest BCUT2D eigenvalue weighted by Crippen LogP contribution is 2.32. The van der Waals surface area contributed by atoms with Crippen molar-refractivity contribution in [1.82, 2.24) is 9.62 Å². The van der Waals surface area contributed by atoms with E-state index in [0.29, 0.717) is 42.3 Å². The van der Waals surface area contributed by atoms with Crippen LogP contribution in [0.5, 0.6) is 11.5 Å². The third-order valence-electron chi connectivity index (χ3n) is 4.69. The van der Waals surface area contributed by atoms with Crippen LogP contribution in [0.2, 0.25) is 0 Å². The first kappa shape index (κ1) is 20.2. The van der Waals surface area contributed by atoms with E-state index in [9.17, 15) is 13.2 Å². The fourth-order valence-electron chi connectivity index (χ4n) is 3.05. The number of benzene rings is 2. The van der Waals surface area contributed by atoms with E-state index in [1.807, 2.05) is 12.1 Å². The van der Waals surface area contributed by atoms with Crippen LogP contribution >= 0.6 is 0 Å². The smallest absolute Gasteiger partial charge is 0.251 e. The minimum Gasteiger partial charge on any atom is -0.454 e. The SMILES string of the molecule is CCN(CC)S(=O)(=O)c1ccc(C)c(C(=O)NCc2ccc3c(c2)OCO3)c1. The van der Waals surface area contributed by atoms with Crippen LogP contribution in [0.1, 0.15) is 35.3 Å². The second kappa shape index (κ2) is 8.20. The van der Waals surface area contributed by atoms with E-state index in [4.69, 9.17) is 9.47 Å². The van der Waals surface area contributed by atoms with Crippen LogP contribution in [0.15, 0.2) is 41.3 Å². The molecule has 3 rings (SSSR count). The average Bonchev–Trinajstić information content (AvgIpc) is 3.15. The van der Waals surface area contributed by atoms with Gasteiger partial charge in [0.2, 0.25) is 16.8 Å². The first-order valence-electron chi connectivity index (χ1n) is 9.14. The third kappa shape index (κ3) is 3.98. The summed E-state index contributed by atoms with van der Waals surface area (Å²) in [4.78, 5) is 12.8. The summed E-state index contributed by atoms with van der Waals surface area (Å²) in [5.74, 6) is 1.00. The number of nitrogens with one attached hydrogen (secondary N) is 1. The Hall–Kier alpha value is -2.58. The lowest BCUT2D eigenvalue weighted by molar-refractivity contribution is 0.0950. The number of sulfonamides is 1. The lowest BCUT2D eigenvalue weighted by Gasteiger charge is -2.19. The van der Waals surface area contributed by atoms with Crippen LogP contribution in [0, 0.1) is 6.92 Å². The topological polar surface area (TPSA) is 84.9 Å². The molecule has 2 aromatic carbocycles. The molecule has 1 N–H and O–H groups in total. The van der Waals surface area contributed by atoms with E-state index >= 15 is 0 Å². The zero-order valence-corrected chi connectivity index (χ0v) is 17.0. The van der Waals surface area contributed by atoms with E-state index in [1.54, 1.807) is 32.9 Å². The van der Waals surface area contributed by atoms with Crippen molar-refractivity contribution >= 4 is 15.9 Å². The predicted octanol–water partition coefficient (Wildman–Crippen LogP) is 2.68. The summed E-state index contributed by atoms with van der Waals surface area (Å²) in [5.41, 5.74) is 1.91. The predicted molar refractivity (Wildman–Crippen MR) is 105 cm³/mol. The summed E-state index contributed by atoms with van der Waals surface area (Å²) in [5, 5.41) is 2.84. The first-order valence-corrected chi connectivity index (χ1v) is 10.6. The summed E-state index contributed by atoms with van der Waals surface area (Å²) < 4.78 is 37.5. The Labute approximate surface area is 165 Å². The van der Waals surface area contributed by atoms with Gasteiger partial charge in [0.1, 0.15) is 0 Å². The van der Waals surface area contributed by atoms with Gasteiger partial charge in [-0.3, -0.25) is 4.79 Å². The molecule has 0 saturated carbocycles. The van der Waals surface area contributed by atoms with Gasteiger partial charge in [0.25, 0.3) is 5.91 Å². The Kier molecular flexibility index (Phi) is 5.90. The maximum atomic E-state index is 12.7. The van der Waals surface area contributed by atoms with Crippen LogP contribution in [0.3, 0.4) is 0 Å². The quantitative estimate of drug-likeness (QED) is 0.767. The van der Waals surface area contributed by atoms with Gasteiger partial charge in [-0.1, -0.05) is 26.0 Å². The molecule has 0 bridgehead atoms. The number of ether oxygens (including phenoxy) is 2. The molecule has 0 fully saturated rings. The van der Waals surface area contributed by atoms with Gasteiger partial charge in [0, 0.05) is 25.2 Å². The molecule has 1 aliphatic rings. The molecule has 0 spiro atoms. The summed E-state index contributed by atoms with van der Waals surface area (Å²) >= 11 is 0. The number of aryl methyl sites for hydroxylation is 1. The van der Waals surface area contributed by atoms with Gasteiger partial charge in [-0.15, -0.1) is 0 Å². The van der Waals surface area contributed by atoms with Crippen molar-refractivity contribution < 1.29 is 22.7 Å². The van der Waals surface area contributed by atoms with Gasteiger partial charge in [-0.25, -0.2) is 8.42 Å². The van der Waals surface area contributed by atoms with Crippen molar-refractivity contribution in [1.29, 1.82) is 0 Å². The number of hydrogen-bond acceptors (Lipinski definition) is 5. The zero-order valence-electron chi connectivity index (χ0n) is 16.2. The molecule has 7 nitrogen and oxygen atoms in total. The van der Waals surface area contributed by atoms with Gasteiger partial charge in [-0.05, 0) is 42.3 Å². The van der Waals surface area contributed by atoms with Gasteiger partial charge in [0.15, 0.2) is 11.5 Å². The number of fused-ring (bicyclic) bond motifs is 1. The maximum Gasteiger partial charge on any atom is 0.251 e. The molecule has 28 heavy (non-hydrogen) atoms. The van der Waals surface area contributed by atoms with Crippen molar-refractivity contribution in [3.8, 4) is 11.5 Å². The molecule has 2 aromatic rings. The Morgan fingerprint density at radius 2 is 1.79 bits per heavy atom. The molecule has 1 amide bonds. The van der Waals surface area contributed by atoms with Crippen LogP contribution in [-0.4, -0.2) is 38.5 Å². The molecular weight excluding hydrogens is 380 g/mol. The lowest BCUT2D eigenvalue weighted by Crippen LogP contribution is -2.31. The van der Waals surface area contributed by atoms with E-state index < -0.39 is 10.0 Å². The molecule has 1 heterocycles. The lowest BCUT2D eigenvalue weighted by atomic mass is 10.1. The Balaban J connectivity index is 1.78. The number of carbonyl (C=O) groups is 1. The van der Waals surface area contributed by atoms with Crippen molar-refractivity contribution in [2.75, 3.05) is 19.9 Å². The highest BCUT2D eigenvalue weighted by atomic mass is 32.2. The minimum absolute atomic E-state index is 0.120. The average molecular weight is 404 g/mol. The molecule has 150 valence electrons. The van der Waals surface area contributed by atoms with Crippen LogP contribution < -0.4 is 14.8 Å². The normalized spacial score (nSPS) is 13.0. The molecular formula is C20H24N2O5S. The molecule has 0 aliphatic carbocycles. The van der Waals surface area contributed by atoms with E-state index in [0.717, 1.165) is 5.56 Å². The van der Waals surface area contributed by atoms with Crippen molar-refractivity contribution in [2.45, 2.75) is 32.2 Å². The largest absolute Gasteiger partial charge is 0.454 e. The monoisotopic (exact) mass is 404 g/mol. The van der Waals surface area contributed by atoms with Crippen molar-refractivity contribution in [3.63, 3.8) is 0 Å². The molecule has 8 heteroatoms. The zero-order chi connectivity index (χ0) is 20.3. The Bertz CT molecular complexity index is 984. The minimum atomic E-state index is -3.63. The number of hydrogen-bond donors (Lipinski definition) is 1. The number of amides is 1. The summed E-state index contributed by atoms with van der Waals surface area (Å²) in [7, 11) is -3.63. The van der Waals surface area contributed by atoms with Gasteiger partial charge >= 0.3 is 0 Å². The standard InChI is InChI=1S/C20H24N2O5S/c1-4-22(5-2)28(24,25)16-8-6-14(3)17(11-16)20(23)21-12-15-7-9-18-19(10-15)27-13-26-18/h6-11H,4-5,12-13H2,1-3H3,(H,21,23). The second-order valence-corrected chi connectivity index (χ2v) is 8.37. The molecule has 0 aromatic heterocycles. The van der Waals surface area contributed by atoms with Gasteiger partial charge in [0.05, 0.1) is 4.90 Å². The third-order valence-corrected chi connectivity index (χ3v) is 6.73. The summed E-state index contributed by atoms with van der Waals surface area (Å²) in [6.45, 7) is 6.59. The van der Waals surface area contributed by atoms with Crippen LogP contribution in [0.25, 0.3) is 0 Å². The van der Waals surface area contributed by atoms with Gasteiger partial charge < -0.3 is 14.8 Å². The molecule has 0 saturated heterocycles. The van der Waals surface area contributed by atoms with Crippen LogP contribution in [0.4, 0.5) is 0 Å². The Morgan fingerprint density at radius 1 is 1.07 bits per heavy atom.